The summed E-state index contributed by atoms with van der Waals surface area (Å²) in [6.07, 6.45) is 1.49. The second-order valence-electron chi connectivity index (χ2n) is 7.58. The SMILES string of the molecule is CCn1cc(C(=O)NC)c(NS(=O)(=O)c2ccc(OCc3nc(-c4ccccc4)oc3C)cc2)n1. The summed E-state index contributed by atoms with van der Waals surface area (Å²) in [7, 11) is -2.52. The zero-order chi connectivity index (χ0) is 25.0. The predicted octanol–water partition coefficient (Wildman–Crippen LogP) is 3.61. The van der Waals surface area contributed by atoms with Gasteiger partial charge in [0.15, 0.2) is 5.82 Å². The highest BCUT2D eigenvalue weighted by molar-refractivity contribution is 7.92. The molecule has 2 aromatic carbocycles. The Morgan fingerprint density at radius 1 is 1.11 bits per heavy atom. The van der Waals surface area contributed by atoms with Crippen LogP contribution in [0.2, 0.25) is 0 Å². The van der Waals surface area contributed by atoms with Crippen molar-refractivity contribution in [3.8, 4) is 17.2 Å². The van der Waals surface area contributed by atoms with E-state index in [4.69, 9.17) is 9.15 Å². The van der Waals surface area contributed by atoms with Crippen molar-refractivity contribution in [2.75, 3.05) is 11.8 Å². The quantitative estimate of drug-likeness (QED) is 0.363. The normalized spacial score (nSPS) is 11.3. The second kappa shape index (κ2) is 10.0. The van der Waals surface area contributed by atoms with Gasteiger partial charge >= 0.3 is 0 Å². The predicted molar refractivity (Wildman–Crippen MR) is 130 cm³/mol. The number of sulfonamides is 1. The number of nitrogens with zero attached hydrogens (tertiary/aromatic N) is 3. The third-order valence-electron chi connectivity index (χ3n) is 5.21. The first-order chi connectivity index (χ1) is 16.8. The molecule has 0 unspecified atom stereocenters. The number of amides is 1. The Morgan fingerprint density at radius 2 is 1.83 bits per heavy atom. The van der Waals surface area contributed by atoms with E-state index in [1.54, 1.807) is 12.1 Å². The topological polar surface area (TPSA) is 128 Å². The summed E-state index contributed by atoms with van der Waals surface area (Å²) in [6.45, 7) is 4.29. The first-order valence-electron chi connectivity index (χ1n) is 10.9. The van der Waals surface area contributed by atoms with E-state index < -0.39 is 15.9 Å². The number of carbonyl (C=O) groups is 1. The van der Waals surface area contributed by atoms with Crippen LogP contribution in [0.3, 0.4) is 0 Å². The highest BCUT2D eigenvalue weighted by Crippen LogP contribution is 2.24. The summed E-state index contributed by atoms with van der Waals surface area (Å²) in [4.78, 5) is 16.6. The lowest BCUT2D eigenvalue weighted by atomic mass is 10.2. The van der Waals surface area contributed by atoms with Crippen LogP contribution in [-0.4, -0.2) is 36.1 Å². The van der Waals surface area contributed by atoms with Crippen LogP contribution in [0.1, 0.15) is 28.7 Å². The van der Waals surface area contributed by atoms with Crippen LogP contribution in [0.4, 0.5) is 5.82 Å². The van der Waals surface area contributed by atoms with Crippen molar-refractivity contribution >= 4 is 21.7 Å². The minimum atomic E-state index is -3.98. The number of benzene rings is 2. The fraction of sp³-hybridized carbons (Fsp3) is 0.208. The van der Waals surface area contributed by atoms with Gasteiger partial charge in [-0.1, -0.05) is 18.2 Å². The van der Waals surface area contributed by atoms with E-state index in [2.05, 4.69) is 20.1 Å². The van der Waals surface area contributed by atoms with Crippen LogP contribution in [0.15, 0.2) is 70.1 Å². The summed E-state index contributed by atoms with van der Waals surface area (Å²) in [5.41, 5.74) is 1.65. The van der Waals surface area contributed by atoms with Crippen molar-refractivity contribution in [1.29, 1.82) is 0 Å². The number of carbonyl (C=O) groups excluding carboxylic acids is 1. The van der Waals surface area contributed by atoms with Crippen molar-refractivity contribution in [3.63, 3.8) is 0 Å². The number of oxazole rings is 1. The number of rotatable bonds is 9. The van der Waals surface area contributed by atoms with E-state index in [0.29, 0.717) is 29.6 Å². The summed E-state index contributed by atoms with van der Waals surface area (Å²) >= 11 is 0. The Hall–Kier alpha value is -4.12. The van der Waals surface area contributed by atoms with E-state index in [1.807, 2.05) is 44.2 Å². The molecule has 0 radical (unpaired) electrons. The molecule has 0 aliphatic heterocycles. The Morgan fingerprint density at radius 3 is 2.49 bits per heavy atom. The van der Waals surface area contributed by atoms with Crippen molar-refractivity contribution in [2.24, 2.45) is 0 Å². The lowest BCUT2D eigenvalue weighted by molar-refractivity contribution is 0.0964. The minimum Gasteiger partial charge on any atom is -0.487 e. The molecule has 4 aromatic rings. The van der Waals surface area contributed by atoms with Gasteiger partial charge in [0.2, 0.25) is 5.89 Å². The number of aromatic nitrogens is 3. The molecule has 0 aliphatic rings. The molecule has 0 saturated carbocycles. The molecule has 0 atom stereocenters. The van der Waals surface area contributed by atoms with Gasteiger partial charge in [0.1, 0.15) is 29.4 Å². The van der Waals surface area contributed by atoms with Gasteiger partial charge < -0.3 is 14.5 Å². The molecule has 0 fully saturated rings. The maximum absolute atomic E-state index is 12.9. The standard InChI is InChI=1S/C24H25N5O5S/c1-4-29-14-20(23(30)25-3)22(27-29)28-35(31,32)19-12-10-18(11-13-19)33-15-21-16(2)34-24(26-21)17-8-6-5-7-9-17/h5-14H,4,15H2,1-3H3,(H,25,30)(H,27,28). The molecule has 0 aliphatic carbocycles. The Balaban J connectivity index is 1.45. The van der Waals surface area contributed by atoms with E-state index in [-0.39, 0.29) is 22.9 Å². The molecule has 2 heterocycles. The van der Waals surface area contributed by atoms with Crippen molar-refractivity contribution < 1.29 is 22.4 Å². The zero-order valence-corrected chi connectivity index (χ0v) is 20.3. The first kappa shape index (κ1) is 24.0. The Labute approximate surface area is 203 Å². The highest BCUT2D eigenvalue weighted by Gasteiger charge is 2.22. The van der Waals surface area contributed by atoms with E-state index in [9.17, 15) is 13.2 Å². The smallest absolute Gasteiger partial charge is 0.263 e. The largest absolute Gasteiger partial charge is 0.487 e. The molecule has 0 spiro atoms. The number of hydrogen-bond acceptors (Lipinski definition) is 7. The fourth-order valence-electron chi connectivity index (χ4n) is 3.28. The van der Waals surface area contributed by atoms with Crippen LogP contribution in [-0.2, 0) is 23.2 Å². The van der Waals surface area contributed by atoms with E-state index >= 15 is 0 Å². The van der Waals surface area contributed by atoms with Gasteiger partial charge in [0, 0.05) is 25.4 Å². The van der Waals surface area contributed by atoms with Gasteiger partial charge in [-0.15, -0.1) is 0 Å². The molecule has 2 aromatic heterocycles. The third kappa shape index (κ3) is 5.35. The molecule has 11 heteroatoms. The average Bonchev–Trinajstić information content (AvgIpc) is 3.45. The molecular formula is C24H25N5O5S. The van der Waals surface area contributed by atoms with E-state index in [1.165, 1.54) is 30.1 Å². The molecule has 182 valence electrons. The Bertz CT molecular complexity index is 1430. The number of anilines is 1. The summed E-state index contributed by atoms with van der Waals surface area (Å²) < 4.78 is 41.2. The van der Waals surface area contributed by atoms with Gasteiger partial charge in [-0.3, -0.25) is 14.2 Å². The minimum absolute atomic E-state index is 0.00253. The van der Waals surface area contributed by atoms with Crippen LogP contribution in [0.25, 0.3) is 11.5 Å². The van der Waals surface area contributed by atoms with Crippen molar-refractivity contribution in [3.05, 3.63) is 77.8 Å². The van der Waals surface area contributed by atoms with Gasteiger partial charge in [-0.05, 0) is 50.2 Å². The van der Waals surface area contributed by atoms with Crippen LogP contribution in [0, 0.1) is 6.92 Å². The summed E-state index contributed by atoms with van der Waals surface area (Å²) in [5.74, 6) is 1.14. The second-order valence-corrected chi connectivity index (χ2v) is 9.26. The van der Waals surface area contributed by atoms with Gasteiger partial charge in [-0.25, -0.2) is 13.4 Å². The monoisotopic (exact) mass is 495 g/mol. The average molecular weight is 496 g/mol. The number of hydrogen-bond donors (Lipinski definition) is 2. The molecule has 1 amide bonds. The number of nitrogens with one attached hydrogen (secondary N) is 2. The first-order valence-corrected chi connectivity index (χ1v) is 12.4. The van der Waals surface area contributed by atoms with Crippen LogP contribution >= 0.6 is 0 Å². The molecule has 2 N–H and O–H groups in total. The third-order valence-corrected chi connectivity index (χ3v) is 6.57. The molecule has 4 rings (SSSR count). The Kier molecular flexibility index (Phi) is 6.87. The molecule has 0 bridgehead atoms. The molecule has 35 heavy (non-hydrogen) atoms. The zero-order valence-electron chi connectivity index (χ0n) is 19.5. The summed E-state index contributed by atoms with van der Waals surface area (Å²) in [6, 6.07) is 15.5. The number of ether oxygens (including phenoxy) is 1. The fourth-order valence-corrected chi connectivity index (χ4v) is 4.30. The maximum Gasteiger partial charge on any atom is 0.263 e. The number of aryl methyl sites for hydroxylation is 2. The van der Waals surface area contributed by atoms with Crippen molar-refractivity contribution in [1.82, 2.24) is 20.1 Å². The van der Waals surface area contributed by atoms with Crippen molar-refractivity contribution in [2.45, 2.75) is 31.9 Å². The van der Waals surface area contributed by atoms with Gasteiger partial charge in [0.05, 0.1) is 4.90 Å². The van der Waals surface area contributed by atoms with Gasteiger partial charge in [0.25, 0.3) is 15.9 Å². The van der Waals surface area contributed by atoms with Gasteiger partial charge in [-0.2, -0.15) is 5.10 Å². The highest BCUT2D eigenvalue weighted by atomic mass is 32.2. The lowest BCUT2D eigenvalue weighted by Crippen LogP contribution is -2.21. The lowest BCUT2D eigenvalue weighted by Gasteiger charge is -2.09. The van der Waals surface area contributed by atoms with Crippen LogP contribution < -0.4 is 14.8 Å². The molecule has 0 saturated heterocycles. The maximum atomic E-state index is 12.9. The van der Waals surface area contributed by atoms with E-state index in [0.717, 1.165) is 5.56 Å². The molecular weight excluding hydrogens is 470 g/mol. The summed E-state index contributed by atoms with van der Waals surface area (Å²) in [5, 5.41) is 6.62. The van der Waals surface area contributed by atoms with Crippen LogP contribution in [0.5, 0.6) is 5.75 Å². The molecule has 10 nitrogen and oxygen atoms in total.